The lowest BCUT2D eigenvalue weighted by Crippen LogP contribution is -2.46. The number of carboxylic acids is 1. The molecule has 1 amide bonds. The van der Waals surface area contributed by atoms with E-state index in [-0.39, 0.29) is 17.3 Å². The zero-order valence-electron chi connectivity index (χ0n) is 11.6. The van der Waals surface area contributed by atoms with Crippen LogP contribution in [0.1, 0.15) is 41.3 Å². The van der Waals surface area contributed by atoms with Crippen LogP contribution in [0, 0.1) is 5.92 Å². The van der Waals surface area contributed by atoms with Crippen LogP contribution in [-0.2, 0) is 4.79 Å². The fourth-order valence-electron chi connectivity index (χ4n) is 2.45. The van der Waals surface area contributed by atoms with Crippen LogP contribution < -0.4 is 5.73 Å². The van der Waals surface area contributed by atoms with E-state index in [9.17, 15) is 14.7 Å². The quantitative estimate of drug-likeness (QED) is 0.871. The molecule has 1 aliphatic carbocycles. The minimum absolute atomic E-state index is 0.0287. The number of aliphatic carboxylic acids is 1. The van der Waals surface area contributed by atoms with Gasteiger partial charge in [-0.15, -0.1) is 23.1 Å². The van der Waals surface area contributed by atoms with Crippen LogP contribution in [0.5, 0.6) is 0 Å². The average Bonchev–Trinajstić information content (AvgIpc) is 3.01. The van der Waals surface area contributed by atoms with E-state index in [4.69, 9.17) is 5.73 Å². The van der Waals surface area contributed by atoms with Gasteiger partial charge in [-0.1, -0.05) is 0 Å². The van der Waals surface area contributed by atoms with Crippen molar-refractivity contribution in [1.82, 2.24) is 9.88 Å². The molecular formula is C13H17N3O3S2. The van der Waals surface area contributed by atoms with Crippen molar-refractivity contribution < 1.29 is 14.7 Å². The first-order valence-electron chi connectivity index (χ1n) is 6.87. The van der Waals surface area contributed by atoms with Crippen molar-refractivity contribution in [2.75, 3.05) is 5.75 Å². The summed E-state index contributed by atoms with van der Waals surface area (Å²) in [6.45, 7) is 1.81. The van der Waals surface area contributed by atoms with Gasteiger partial charge in [0.2, 0.25) is 0 Å². The van der Waals surface area contributed by atoms with Crippen LogP contribution in [0.2, 0.25) is 0 Å². The molecule has 1 saturated heterocycles. The predicted molar refractivity (Wildman–Crippen MR) is 81.3 cm³/mol. The molecule has 21 heavy (non-hydrogen) atoms. The second-order valence-corrected chi connectivity index (χ2v) is 7.53. The smallest absolute Gasteiger partial charge is 0.327 e. The maximum absolute atomic E-state index is 12.7. The molecule has 2 heterocycles. The van der Waals surface area contributed by atoms with E-state index in [1.54, 1.807) is 17.1 Å². The highest BCUT2D eigenvalue weighted by molar-refractivity contribution is 8.00. The van der Waals surface area contributed by atoms with Gasteiger partial charge in [-0.25, -0.2) is 9.78 Å². The number of hydrogen-bond acceptors (Lipinski definition) is 6. The largest absolute Gasteiger partial charge is 0.480 e. The van der Waals surface area contributed by atoms with Crippen molar-refractivity contribution in [2.24, 2.45) is 11.7 Å². The van der Waals surface area contributed by atoms with Crippen LogP contribution in [0.4, 0.5) is 0 Å². The first-order valence-corrected chi connectivity index (χ1v) is 8.80. The SMILES string of the molecule is CC(N)c1nc(C(=O)N2C(C(=O)O)CSC2C2CC2)cs1. The second kappa shape index (κ2) is 5.58. The molecule has 1 aromatic rings. The number of nitrogens with two attached hydrogens (primary N) is 1. The molecule has 8 heteroatoms. The molecule has 114 valence electrons. The molecule has 0 aromatic carbocycles. The van der Waals surface area contributed by atoms with Gasteiger partial charge in [0.1, 0.15) is 16.7 Å². The van der Waals surface area contributed by atoms with Gasteiger partial charge in [-0.05, 0) is 25.7 Å². The molecule has 0 spiro atoms. The monoisotopic (exact) mass is 327 g/mol. The Bertz CT molecular complexity index is 571. The molecule has 0 radical (unpaired) electrons. The summed E-state index contributed by atoms with van der Waals surface area (Å²) in [5.41, 5.74) is 6.08. The van der Waals surface area contributed by atoms with Crippen molar-refractivity contribution >= 4 is 35.0 Å². The summed E-state index contributed by atoms with van der Waals surface area (Å²) in [5, 5.41) is 11.7. The summed E-state index contributed by atoms with van der Waals surface area (Å²) in [5.74, 6) is -0.351. The zero-order chi connectivity index (χ0) is 15.1. The van der Waals surface area contributed by atoms with Gasteiger partial charge in [-0.2, -0.15) is 0 Å². The highest BCUT2D eigenvalue weighted by Crippen LogP contribution is 2.45. The number of thioether (sulfide) groups is 1. The number of thiazole rings is 1. The van der Waals surface area contributed by atoms with E-state index >= 15 is 0 Å². The molecular weight excluding hydrogens is 310 g/mol. The van der Waals surface area contributed by atoms with Gasteiger partial charge in [-0.3, -0.25) is 4.79 Å². The minimum atomic E-state index is -0.943. The number of nitrogens with zero attached hydrogens (tertiary/aromatic N) is 2. The number of hydrogen-bond donors (Lipinski definition) is 2. The summed E-state index contributed by atoms with van der Waals surface area (Å²) in [4.78, 5) is 29.9. The Kier molecular flexibility index (Phi) is 3.94. The number of carboxylic acid groups (broad SMARTS) is 1. The fourth-order valence-corrected chi connectivity index (χ4v) is 4.83. The standard InChI is InChI=1S/C13H17N3O3S2/c1-6(14)10-15-8(4-20-10)11(17)16-9(13(18)19)5-21-12(16)7-2-3-7/h4,6-7,9,12H,2-3,5,14H2,1H3,(H,18,19). The van der Waals surface area contributed by atoms with Crippen LogP contribution in [0.25, 0.3) is 0 Å². The van der Waals surface area contributed by atoms with Crippen LogP contribution in [0.15, 0.2) is 5.38 Å². The number of carbonyl (C=O) groups is 2. The van der Waals surface area contributed by atoms with Crippen molar-refractivity contribution in [3.05, 3.63) is 16.1 Å². The highest BCUT2D eigenvalue weighted by Gasteiger charge is 2.48. The molecule has 6 nitrogen and oxygen atoms in total. The summed E-state index contributed by atoms with van der Waals surface area (Å²) >= 11 is 2.91. The second-order valence-electron chi connectivity index (χ2n) is 5.49. The van der Waals surface area contributed by atoms with E-state index in [1.807, 2.05) is 6.92 Å². The van der Waals surface area contributed by atoms with E-state index < -0.39 is 12.0 Å². The van der Waals surface area contributed by atoms with Gasteiger partial charge >= 0.3 is 5.97 Å². The molecule has 1 aliphatic heterocycles. The van der Waals surface area contributed by atoms with Gasteiger partial charge in [0.05, 0.1) is 11.4 Å². The normalized spacial score (nSPS) is 26.9. The molecule has 3 rings (SSSR count). The third-order valence-electron chi connectivity index (χ3n) is 3.71. The molecule has 0 bridgehead atoms. The van der Waals surface area contributed by atoms with E-state index in [0.29, 0.717) is 22.4 Å². The lowest BCUT2D eigenvalue weighted by molar-refractivity contribution is -0.141. The lowest BCUT2D eigenvalue weighted by atomic mass is 10.2. The number of carbonyl (C=O) groups excluding carboxylic acids is 1. The maximum atomic E-state index is 12.7. The van der Waals surface area contributed by atoms with Crippen LogP contribution >= 0.6 is 23.1 Å². The molecule has 3 atom stereocenters. The van der Waals surface area contributed by atoms with Gasteiger partial charge < -0.3 is 15.7 Å². The molecule has 1 saturated carbocycles. The van der Waals surface area contributed by atoms with Crippen LogP contribution in [0.3, 0.4) is 0 Å². The van der Waals surface area contributed by atoms with E-state index in [0.717, 1.165) is 12.8 Å². The summed E-state index contributed by atoms with van der Waals surface area (Å²) in [6, 6.07) is -0.979. The third kappa shape index (κ3) is 2.79. The van der Waals surface area contributed by atoms with Crippen LogP contribution in [-0.4, -0.2) is 44.0 Å². The fraction of sp³-hybridized carbons (Fsp3) is 0.615. The third-order valence-corrected chi connectivity index (χ3v) is 6.22. The molecule has 3 unspecified atom stereocenters. The summed E-state index contributed by atoms with van der Waals surface area (Å²) < 4.78 is 0. The zero-order valence-corrected chi connectivity index (χ0v) is 13.2. The number of rotatable bonds is 4. The molecule has 2 fully saturated rings. The van der Waals surface area contributed by atoms with Crippen molar-refractivity contribution in [1.29, 1.82) is 0 Å². The average molecular weight is 327 g/mol. The van der Waals surface area contributed by atoms with Gasteiger partial charge in [0, 0.05) is 11.1 Å². The Morgan fingerprint density at radius 2 is 2.24 bits per heavy atom. The Morgan fingerprint density at radius 1 is 1.52 bits per heavy atom. The number of amides is 1. The lowest BCUT2D eigenvalue weighted by Gasteiger charge is -2.26. The van der Waals surface area contributed by atoms with Gasteiger partial charge in [0.15, 0.2) is 0 Å². The van der Waals surface area contributed by atoms with Gasteiger partial charge in [0.25, 0.3) is 5.91 Å². The Hall–Kier alpha value is -1.12. The van der Waals surface area contributed by atoms with E-state index in [2.05, 4.69) is 4.98 Å². The van der Waals surface area contributed by atoms with Crippen molar-refractivity contribution in [2.45, 2.75) is 37.2 Å². The Morgan fingerprint density at radius 3 is 2.76 bits per heavy atom. The summed E-state index contributed by atoms with van der Waals surface area (Å²) in [6.07, 6.45) is 2.13. The maximum Gasteiger partial charge on any atom is 0.327 e. The molecule has 1 aromatic heterocycles. The van der Waals surface area contributed by atoms with Crippen molar-refractivity contribution in [3.8, 4) is 0 Å². The first kappa shape index (κ1) is 14.8. The predicted octanol–water partition coefficient (Wildman–Crippen LogP) is 1.54. The van der Waals surface area contributed by atoms with E-state index in [1.165, 1.54) is 16.2 Å². The molecule has 2 aliphatic rings. The highest BCUT2D eigenvalue weighted by atomic mass is 32.2. The number of aromatic nitrogens is 1. The first-order chi connectivity index (χ1) is 9.99. The topological polar surface area (TPSA) is 96.5 Å². The Labute approximate surface area is 130 Å². The van der Waals surface area contributed by atoms with Crippen molar-refractivity contribution in [3.63, 3.8) is 0 Å². The molecule has 3 N–H and O–H groups in total. The summed E-state index contributed by atoms with van der Waals surface area (Å²) in [7, 11) is 0. The minimum Gasteiger partial charge on any atom is -0.480 e. The Balaban J connectivity index is 1.86.